The molecule has 90 valence electrons. The zero-order chi connectivity index (χ0) is 12.5. The average molecular weight is 327 g/mol. The maximum atomic E-state index is 6.02. The number of tetrazole rings is 1. The topological polar surface area (TPSA) is 65.2 Å². The maximum absolute atomic E-state index is 6.02. The highest BCUT2D eigenvalue weighted by Gasteiger charge is 2.06. The van der Waals surface area contributed by atoms with Crippen molar-refractivity contribution in [3.63, 3.8) is 0 Å². The Morgan fingerprint density at radius 3 is 3.00 bits per heavy atom. The van der Waals surface area contributed by atoms with Crippen LogP contribution in [-0.2, 0) is 0 Å². The summed E-state index contributed by atoms with van der Waals surface area (Å²) in [5.74, 6) is 0.862. The normalized spacial score (nSPS) is 10.8. The summed E-state index contributed by atoms with van der Waals surface area (Å²) >= 11 is 9.37. The zero-order valence-electron chi connectivity index (χ0n) is 8.79. The molecule has 0 N–H and O–H groups in total. The highest BCUT2D eigenvalue weighted by molar-refractivity contribution is 9.10. The van der Waals surface area contributed by atoms with E-state index in [1.54, 1.807) is 24.3 Å². The first-order valence-electron chi connectivity index (χ1n) is 4.91. The fourth-order valence-corrected chi connectivity index (χ4v) is 1.85. The van der Waals surface area contributed by atoms with Gasteiger partial charge in [-0.1, -0.05) is 27.5 Å². The number of rotatable bonds is 2. The third-order valence-corrected chi connectivity index (χ3v) is 2.96. The van der Waals surface area contributed by atoms with E-state index in [9.17, 15) is 0 Å². The lowest BCUT2D eigenvalue weighted by atomic mass is 10.3. The number of fused-ring (bicyclic) bond motifs is 1. The minimum absolute atomic E-state index is 0.356. The summed E-state index contributed by atoms with van der Waals surface area (Å²) < 4.78 is 7.72. The molecule has 18 heavy (non-hydrogen) atoms. The van der Waals surface area contributed by atoms with Gasteiger partial charge in [0.25, 0.3) is 0 Å². The molecule has 2 aromatic heterocycles. The summed E-state index contributed by atoms with van der Waals surface area (Å²) in [4.78, 5) is 0. The Bertz CT molecular complexity index is 716. The monoisotopic (exact) mass is 325 g/mol. The summed E-state index contributed by atoms with van der Waals surface area (Å²) in [5, 5.41) is 15.5. The van der Waals surface area contributed by atoms with Gasteiger partial charge in [0.15, 0.2) is 5.65 Å². The highest BCUT2D eigenvalue weighted by Crippen LogP contribution is 2.31. The van der Waals surface area contributed by atoms with Gasteiger partial charge in [0, 0.05) is 10.5 Å². The molecule has 0 amide bonds. The predicted molar refractivity (Wildman–Crippen MR) is 67.8 cm³/mol. The van der Waals surface area contributed by atoms with Gasteiger partial charge in [-0.25, -0.2) is 0 Å². The number of hydrogen-bond acceptors (Lipinski definition) is 5. The quantitative estimate of drug-likeness (QED) is 0.724. The molecule has 2 heterocycles. The molecule has 8 heteroatoms. The van der Waals surface area contributed by atoms with E-state index in [1.165, 1.54) is 4.63 Å². The number of halogens is 2. The Labute approximate surface area is 115 Å². The largest absolute Gasteiger partial charge is 0.436 e. The van der Waals surface area contributed by atoms with Crippen LogP contribution in [0.15, 0.2) is 34.8 Å². The van der Waals surface area contributed by atoms with Gasteiger partial charge in [-0.3, -0.25) is 0 Å². The smallest absolute Gasteiger partial charge is 0.239 e. The molecule has 0 unspecified atom stereocenters. The van der Waals surface area contributed by atoms with Crippen molar-refractivity contribution in [3.05, 3.63) is 39.8 Å². The van der Waals surface area contributed by atoms with Gasteiger partial charge in [-0.05, 0) is 34.7 Å². The fraction of sp³-hybridized carbons (Fsp3) is 0. The molecule has 0 aliphatic carbocycles. The fourth-order valence-electron chi connectivity index (χ4n) is 1.36. The molecule has 0 aliphatic heterocycles. The van der Waals surface area contributed by atoms with Crippen LogP contribution >= 0.6 is 27.5 Å². The number of hydrogen-bond donors (Lipinski definition) is 0. The molecular weight excluding hydrogens is 322 g/mol. The Morgan fingerprint density at radius 1 is 1.22 bits per heavy atom. The molecule has 0 aliphatic rings. The molecule has 0 radical (unpaired) electrons. The lowest BCUT2D eigenvalue weighted by Crippen LogP contribution is -1.97. The second kappa shape index (κ2) is 4.51. The molecule has 0 saturated heterocycles. The number of ether oxygens (including phenoxy) is 1. The van der Waals surface area contributed by atoms with Crippen LogP contribution in [0.4, 0.5) is 0 Å². The molecule has 6 nitrogen and oxygen atoms in total. The molecule has 3 aromatic rings. The SMILES string of the molecule is Clc1ccc(Br)cc1Oc1ccc2nnnn2n1. The van der Waals surface area contributed by atoms with E-state index in [0.717, 1.165) is 4.47 Å². The highest BCUT2D eigenvalue weighted by atomic mass is 79.9. The Balaban J connectivity index is 1.97. The first kappa shape index (κ1) is 11.4. The van der Waals surface area contributed by atoms with Crippen molar-refractivity contribution < 1.29 is 4.74 Å². The van der Waals surface area contributed by atoms with Gasteiger partial charge in [-0.15, -0.1) is 14.8 Å². The molecule has 1 aromatic carbocycles. The second-order valence-electron chi connectivity index (χ2n) is 3.37. The van der Waals surface area contributed by atoms with Gasteiger partial charge in [0.1, 0.15) is 5.75 Å². The van der Waals surface area contributed by atoms with E-state index in [4.69, 9.17) is 16.3 Å². The molecular formula is C10H5BrClN5O. The molecule has 0 atom stereocenters. The first-order chi connectivity index (χ1) is 8.72. The Morgan fingerprint density at radius 2 is 2.11 bits per heavy atom. The van der Waals surface area contributed by atoms with Crippen LogP contribution in [0.1, 0.15) is 0 Å². The van der Waals surface area contributed by atoms with Crippen LogP contribution in [0.3, 0.4) is 0 Å². The van der Waals surface area contributed by atoms with Crippen molar-refractivity contribution >= 4 is 33.2 Å². The van der Waals surface area contributed by atoms with Crippen LogP contribution in [0.25, 0.3) is 5.65 Å². The third-order valence-electron chi connectivity index (χ3n) is 2.15. The molecule has 0 bridgehead atoms. The number of benzene rings is 1. The molecule has 0 spiro atoms. The van der Waals surface area contributed by atoms with Crippen molar-refractivity contribution in [3.8, 4) is 11.6 Å². The lowest BCUT2D eigenvalue weighted by Gasteiger charge is -2.06. The third kappa shape index (κ3) is 2.14. The summed E-state index contributed by atoms with van der Waals surface area (Å²) in [6.07, 6.45) is 0. The minimum atomic E-state index is 0.356. The summed E-state index contributed by atoms with van der Waals surface area (Å²) in [7, 11) is 0. The Hall–Kier alpha value is -1.73. The number of aromatic nitrogens is 5. The molecule has 3 rings (SSSR count). The second-order valence-corrected chi connectivity index (χ2v) is 4.70. The van der Waals surface area contributed by atoms with E-state index in [0.29, 0.717) is 22.3 Å². The minimum Gasteiger partial charge on any atom is -0.436 e. The van der Waals surface area contributed by atoms with Crippen molar-refractivity contribution in [1.29, 1.82) is 0 Å². The predicted octanol–water partition coefficient (Wildman–Crippen LogP) is 2.73. The van der Waals surface area contributed by atoms with Crippen LogP contribution < -0.4 is 4.74 Å². The van der Waals surface area contributed by atoms with Crippen LogP contribution in [0.2, 0.25) is 5.02 Å². The molecule has 0 fully saturated rings. The number of nitrogens with zero attached hydrogens (tertiary/aromatic N) is 5. The van der Waals surface area contributed by atoms with Crippen molar-refractivity contribution in [2.45, 2.75) is 0 Å². The van der Waals surface area contributed by atoms with E-state index < -0.39 is 0 Å². The standard InChI is InChI=1S/C10H5BrClN5O/c11-6-1-2-7(12)8(5-6)18-10-4-3-9-13-15-16-17(9)14-10/h1-5H. The van der Waals surface area contributed by atoms with Gasteiger partial charge in [0.05, 0.1) is 5.02 Å². The Kier molecular flexibility index (Phi) is 2.85. The summed E-state index contributed by atoms with van der Waals surface area (Å²) in [5.41, 5.74) is 0.544. The van der Waals surface area contributed by atoms with Crippen molar-refractivity contribution in [2.24, 2.45) is 0 Å². The van der Waals surface area contributed by atoms with Gasteiger partial charge in [-0.2, -0.15) is 0 Å². The summed E-state index contributed by atoms with van der Waals surface area (Å²) in [6.45, 7) is 0. The van der Waals surface area contributed by atoms with Crippen LogP contribution in [0.5, 0.6) is 11.6 Å². The van der Waals surface area contributed by atoms with E-state index >= 15 is 0 Å². The average Bonchev–Trinajstić information content (AvgIpc) is 2.81. The van der Waals surface area contributed by atoms with E-state index in [1.807, 2.05) is 6.07 Å². The first-order valence-corrected chi connectivity index (χ1v) is 6.08. The van der Waals surface area contributed by atoms with Crippen molar-refractivity contribution in [1.82, 2.24) is 25.3 Å². The van der Waals surface area contributed by atoms with Crippen LogP contribution in [-0.4, -0.2) is 25.3 Å². The van der Waals surface area contributed by atoms with Crippen molar-refractivity contribution in [2.75, 3.05) is 0 Å². The maximum Gasteiger partial charge on any atom is 0.239 e. The molecule has 0 saturated carbocycles. The summed E-state index contributed by atoms with van der Waals surface area (Å²) in [6, 6.07) is 8.69. The van der Waals surface area contributed by atoms with E-state index in [2.05, 4.69) is 36.6 Å². The van der Waals surface area contributed by atoms with Gasteiger partial charge >= 0.3 is 0 Å². The van der Waals surface area contributed by atoms with Gasteiger partial charge in [0.2, 0.25) is 5.88 Å². The lowest BCUT2D eigenvalue weighted by molar-refractivity contribution is 0.447. The zero-order valence-corrected chi connectivity index (χ0v) is 11.1. The van der Waals surface area contributed by atoms with E-state index in [-0.39, 0.29) is 0 Å². The van der Waals surface area contributed by atoms with Gasteiger partial charge < -0.3 is 4.74 Å². The van der Waals surface area contributed by atoms with Crippen LogP contribution in [0, 0.1) is 0 Å².